The van der Waals surface area contributed by atoms with E-state index in [4.69, 9.17) is 5.11 Å². The minimum Gasteiger partial charge on any atom is -0.396 e. The fraction of sp³-hybridized carbons (Fsp3) is 0.900. The van der Waals surface area contributed by atoms with Crippen molar-refractivity contribution >= 4 is 15.7 Å². The van der Waals surface area contributed by atoms with Gasteiger partial charge in [-0.1, -0.05) is 6.92 Å². The fourth-order valence-corrected chi connectivity index (χ4v) is 3.71. The normalized spacial score (nSPS) is 23.2. The largest absolute Gasteiger partial charge is 0.396 e. The summed E-state index contributed by atoms with van der Waals surface area (Å²) >= 11 is 0. The van der Waals surface area contributed by atoms with Gasteiger partial charge in [-0.15, -0.1) is 0 Å². The molecule has 0 aliphatic carbocycles. The Labute approximate surface area is 96.4 Å². The van der Waals surface area contributed by atoms with Crippen LogP contribution in [0.3, 0.4) is 0 Å². The molecule has 16 heavy (non-hydrogen) atoms. The third-order valence-corrected chi connectivity index (χ3v) is 4.58. The van der Waals surface area contributed by atoms with Crippen LogP contribution in [-0.2, 0) is 14.6 Å². The van der Waals surface area contributed by atoms with Crippen LogP contribution in [0.5, 0.6) is 0 Å². The Bertz CT molecular complexity index is 339. The van der Waals surface area contributed by atoms with Gasteiger partial charge in [0.15, 0.2) is 9.84 Å². The molecule has 0 spiro atoms. The first-order chi connectivity index (χ1) is 7.50. The first-order valence-electron chi connectivity index (χ1n) is 5.61. The van der Waals surface area contributed by atoms with E-state index in [1.807, 2.05) is 0 Å². The molecule has 5 nitrogen and oxygen atoms in total. The number of hydrogen-bond donors (Lipinski definition) is 1. The molecule has 0 saturated carbocycles. The summed E-state index contributed by atoms with van der Waals surface area (Å²) in [5, 5.41) is 8.76. The second kappa shape index (κ2) is 5.63. The van der Waals surface area contributed by atoms with Gasteiger partial charge in [-0.3, -0.25) is 4.79 Å². The number of aliphatic hydroxyl groups excluding tert-OH is 1. The van der Waals surface area contributed by atoms with Crippen LogP contribution in [0, 0.1) is 0 Å². The van der Waals surface area contributed by atoms with Gasteiger partial charge in [-0.05, 0) is 12.8 Å². The average molecular weight is 249 g/mol. The van der Waals surface area contributed by atoms with Gasteiger partial charge in [0.2, 0.25) is 5.91 Å². The topological polar surface area (TPSA) is 74.7 Å². The van der Waals surface area contributed by atoms with Crippen LogP contribution in [0.15, 0.2) is 0 Å². The van der Waals surface area contributed by atoms with E-state index >= 15 is 0 Å². The second-order valence-electron chi connectivity index (χ2n) is 4.07. The Morgan fingerprint density at radius 2 is 2.19 bits per heavy atom. The standard InChI is InChI=1S/C10H19NO4S/c1-2-10(13)11(5-3-6-12)9-4-7-16(14,15)8-9/h9,12H,2-8H2,1H3/t9-/m0/s1. The summed E-state index contributed by atoms with van der Waals surface area (Å²) < 4.78 is 22.7. The highest BCUT2D eigenvalue weighted by molar-refractivity contribution is 7.91. The highest BCUT2D eigenvalue weighted by Gasteiger charge is 2.33. The van der Waals surface area contributed by atoms with Gasteiger partial charge in [-0.25, -0.2) is 8.42 Å². The molecule has 1 atom stereocenters. The zero-order chi connectivity index (χ0) is 12.2. The van der Waals surface area contributed by atoms with Crippen LogP contribution < -0.4 is 0 Å². The van der Waals surface area contributed by atoms with Crippen molar-refractivity contribution in [2.24, 2.45) is 0 Å². The van der Waals surface area contributed by atoms with Crippen molar-refractivity contribution in [3.8, 4) is 0 Å². The predicted octanol–water partition coefficient (Wildman–Crippen LogP) is -0.205. The smallest absolute Gasteiger partial charge is 0.222 e. The molecule has 1 rings (SSSR count). The summed E-state index contributed by atoms with van der Waals surface area (Å²) in [4.78, 5) is 13.3. The minimum atomic E-state index is -2.96. The van der Waals surface area contributed by atoms with Crippen LogP contribution in [-0.4, -0.2) is 55.0 Å². The summed E-state index contributed by atoms with van der Waals surface area (Å²) in [7, 11) is -2.96. The predicted molar refractivity (Wildman–Crippen MR) is 60.8 cm³/mol. The van der Waals surface area contributed by atoms with E-state index in [1.165, 1.54) is 0 Å². The van der Waals surface area contributed by atoms with Gasteiger partial charge >= 0.3 is 0 Å². The number of carbonyl (C=O) groups is 1. The number of nitrogens with zero attached hydrogens (tertiary/aromatic N) is 1. The van der Waals surface area contributed by atoms with E-state index in [1.54, 1.807) is 11.8 Å². The summed E-state index contributed by atoms with van der Waals surface area (Å²) in [6, 6.07) is -0.191. The number of carbonyl (C=O) groups excluding carboxylic acids is 1. The lowest BCUT2D eigenvalue weighted by Crippen LogP contribution is -2.41. The second-order valence-corrected chi connectivity index (χ2v) is 6.30. The third kappa shape index (κ3) is 3.45. The van der Waals surface area contributed by atoms with Crippen LogP contribution in [0.4, 0.5) is 0 Å². The van der Waals surface area contributed by atoms with E-state index in [0.717, 1.165) is 0 Å². The lowest BCUT2D eigenvalue weighted by Gasteiger charge is -2.27. The SMILES string of the molecule is CCC(=O)N(CCCO)[C@H]1CCS(=O)(=O)C1. The molecule has 94 valence electrons. The van der Waals surface area contributed by atoms with E-state index < -0.39 is 9.84 Å². The van der Waals surface area contributed by atoms with E-state index in [9.17, 15) is 13.2 Å². The molecule has 1 aliphatic rings. The zero-order valence-electron chi connectivity index (χ0n) is 9.55. The van der Waals surface area contributed by atoms with Crippen LogP contribution in [0.25, 0.3) is 0 Å². The quantitative estimate of drug-likeness (QED) is 0.732. The van der Waals surface area contributed by atoms with E-state index in [2.05, 4.69) is 0 Å². The Kier molecular flexibility index (Phi) is 4.73. The maximum atomic E-state index is 11.7. The molecule has 1 aliphatic heterocycles. The molecule has 0 aromatic heterocycles. The van der Waals surface area contributed by atoms with Gasteiger partial charge in [-0.2, -0.15) is 0 Å². The van der Waals surface area contributed by atoms with Crippen LogP contribution in [0.2, 0.25) is 0 Å². The molecule has 1 heterocycles. The lowest BCUT2D eigenvalue weighted by atomic mass is 10.2. The molecule has 1 fully saturated rings. The monoisotopic (exact) mass is 249 g/mol. The first-order valence-corrected chi connectivity index (χ1v) is 7.43. The number of sulfone groups is 1. The summed E-state index contributed by atoms with van der Waals surface area (Å²) in [5.41, 5.74) is 0. The van der Waals surface area contributed by atoms with E-state index in [-0.39, 0.29) is 30.1 Å². The fourth-order valence-electron chi connectivity index (χ4n) is 1.98. The molecular weight excluding hydrogens is 230 g/mol. The van der Waals surface area contributed by atoms with Crippen molar-refractivity contribution in [2.45, 2.75) is 32.2 Å². The van der Waals surface area contributed by atoms with Crippen molar-refractivity contribution in [3.63, 3.8) is 0 Å². The van der Waals surface area contributed by atoms with Gasteiger partial charge in [0.05, 0.1) is 11.5 Å². The molecule has 1 amide bonds. The van der Waals surface area contributed by atoms with Crippen molar-refractivity contribution < 1.29 is 18.3 Å². The van der Waals surface area contributed by atoms with Crippen LogP contribution in [0.1, 0.15) is 26.2 Å². The molecule has 0 radical (unpaired) electrons. The minimum absolute atomic E-state index is 0.0208. The Morgan fingerprint density at radius 3 is 2.62 bits per heavy atom. The zero-order valence-corrected chi connectivity index (χ0v) is 10.4. The lowest BCUT2D eigenvalue weighted by molar-refractivity contribution is -0.132. The van der Waals surface area contributed by atoms with Crippen LogP contribution >= 0.6 is 0 Å². The summed E-state index contributed by atoms with van der Waals surface area (Å²) in [6.45, 7) is 2.23. The highest BCUT2D eigenvalue weighted by Crippen LogP contribution is 2.18. The maximum absolute atomic E-state index is 11.7. The Balaban J connectivity index is 2.66. The molecule has 0 bridgehead atoms. The number of amides is 1. The van der Waals surface area contributed by atoms with Crippen molar-refractivity contribution in [3.05, 3.63) is 0 Å². The molecule has 0 unspecified atom stereocenters. The Morgan fingerprint density at radius 1 is 1.50 bits per heavy atom. The highest BCUT2D eigenvalue weighted by atomic mass is 32.2. The van der Waals surface area contributed by atoms with Gasteiger partial charge in [0.25, 0.3) is 0 Å². The number of rotatable bonds is 5. The molecule has 1 saturated heterocycles. The van der Waals surface area contributed by atoms with Crippen molar-refractivity contribution in [1.82, 2.24) is 4.90 Å². The molecule has 0 aromatic carbocycles. The molecule has 6 heteroatoms. The van der Waals surface area contributed by atoms with Gasteiger partial charge in [0, 0.05) is 25.6 Å². The third-order valence-electron chi connectivity index (χ3n) is 2.83. The molecule has 1 N–H and O–H groups in total. The van der Waals surface area contributed by atoms with Gasteiger partial charge in [0.1, 0.15) is 0 Å². The van der Waals surface area contributed by atoms with Crippen molar-refractivity contribution in [2.75, 3.05) is 24.7 Å². The average Bonchev–Trinajstić information content (AvgIpc) is 2.59. The molecular formula is C10H19NO4S. The first kappa shape index (κ1) is 13.4. The Hall–Kier alpha value is -0.620. The number of aliphatic hydroxyl groups is 1. The maximum Gasteiger partial charge on any atom is 0.222 e. The molecule has 0 aromatic rings. The summed E-state index contributed by atoms with van der Waals surface area (Å²) in [6.07, 6.45) is 1.41. The van der Waals surface area contributed by atoms with Crippen molar-refractivity contribution in [1.29, 1.82) is 0 Å². The number of hydrogen-bond acceptors (Lipinski definition) is 4. The van der Waals surface area contributed by atoms with E-state index in [0.29, 0.717) is 25.8 Å². The summed E-state index contributed by atoms with van der Waals surface area (Å²) in [5.74, 6) is 0.213. The van der Waals surface area contributed by atoms with Gasteiger partial charge < -0.3 is 10.0 Å².